The highest BCUT2D eigenvalue weighted by Gasteiger charge is 2.28. The molecule has 2 aromatic carbocycles. The van der Waals surface area contributed by atoms with Crippen molar-refractivity contribution in [3.8, 4) is 0 Å². The van der Waals surface area contributed by atoms with Crippen molar-refractivity contribution in [1.29, 1.82) is 0 Å². The van der Waals surface area contributed by atoms with Gasteiger partial charge in [-0.3, -0.25) is 0 Å². The number of hydrogen-bond donors (Lipinski definition) is 1. The first-order chi connectivity index (χ1) is 12.7. The average Bonchev–Trinajstić information content (AvgIpc) is 2.96. The lowest BCUT2D eigenvalue weighted by molar-refractivity contribution is -0.647. The third-order valence-corrected chi connectivity index (χ3v) is 5.79. The van der Waals surface area contributed by atoms with Crippen LogP contribution in [0.2, 0.25) is 0 Å². The van der Waals surface area contributed by atoms with Crippen LogP contribution < -0.4 is 9.88 Å². The summed E-state index contributed by atoms with van der Waals surface area (Å²) in [5.41, 5.74) is 3.54. The van der Waals surface area contributed by atoms with E-state index in [1.54, 1.807) is 0 Å². The molecular weight excluding hydrogens is 338 g/mol. The Morgan fingerprint density at radius 2 is 1.73 bits per heavy atom. The molecular formula is C22H26N3S+. The normalized spacial score (nSPS) is 15.3. The predicted molar refractivity (Wildman–Crippen MR) is 111 cm³/mol. The summed E-state index contributed by atoms with van der Waals surface area (Å²) < 4.78 is 4.67. The van der Waals surface area contributed by atoms with E-state index in [1.807, 2.05) is 18.2 Å². The number of aromatic nitrogens is 2. The molecule has 3 nitrogen and oxygen atoms in total. The van der Waals surface area contributed by atoms with Gasteiger partial charge in [0.05, 0.1) is 13.6 Å². The summed E-state index contributed by atoms with van der Waals surface area (Å²) in [5, 5.41) is 3.43. The molecule has 0 aliphatic heterocycles. The van der Waals surface area contributed by atoms with E-state index in [-0.39, 0.29) is 0 Å². The number of para-hydroxylation sites is 3. The van der Waals surface area contributed by atoms with Crippen LogP contribution in [-0.4, -0.2) is 9.56 Å². The van der Waals surface area contributed by atoms with Crippen molar-refractivity contribution in [2.45, 2.75) is 38.6 Å². The fourth-order valence-electron chi connectivity index (χ4n) is 4.18. The molecule has 1 aromatic heterocycles. The Kier molecular flexibility index (Phi) is 5.02. The maximum atomic E-state index is 5.83. The van der Waals surface area contributed by atoms with Gasteiger partial charge in [-0.05, 0) is 43.0 Å². The molecule has 1 N–H and O–H groups in total. The number of thiocarbonyl (C=S) groups is 1. The van der Waals surface area contributed by atoms with Crippen LogP contribution >= 0.6 is 12.2 Å². The minimum absolute atomic E-state index is 0.748. The number of hydrogen-bond acceptors (Lipinski definition) is 1. The Morgan fingerprint density at radius 3 is 2.50 bits per heavy atom. The van der Waals surface area contributed by atoms with Crippen LogP contribution in [-0.2, 0) is 13.6 Å². The van der Waals surface area contributed by atoms with Crippen LogP contribution in [0.3, 0.4) is 0 Å². The first-order valence-corrected chi connectivity index (χ1v) is 9.98. The molecule has 4 rings (SSSR count). The monoisotopic (exact) mass is 364 g/mol. The summed E-state index contributed by atoms with van der Waals surface area (Å²) in [6, 6.07) is 18.8. The van der Waals surface area contributed by atoms with Gasteiger partial charge < -0.3 is 5.32 Å². The molecule has 26 heavy (non-hydrogen) atoms. The quantitative estimate of drug-likeness (QED) is 0.528. The smallest absolute Gasteiger partial charge is 0.317 e. The van der Waals surface area contributed by atoms with E-state index in [9.17, 15) is 0 Å². The molecule has 1 fully saturated rings. The predicted octanol–water partition coefficient (Wildman–Crippen LogP) is 4.83. The molecule has 134 valence electrons. The zero-order valence-corrected chi connectivity index (χ0v) is 16.1. The Balaban J connectivity index is 1.73. The zero-order valence-electron chi connectivity index (χ0n) is 15.3. The van der Waals surface area contributed by atoms with Crippen molar-refractivity contribution in [2.75, 3.05) is 5.32 Å². The van der Waals surface area contributed by atoms with Crippen molar-refractivity contribution in [2.24, 2.45) is 13.0 Å². The molecule has 0 unspecified atom stereocenters. The number of benzene rings is 2. The van der Waals surface area contributed by atoms with Gasteiger partial charge in [-0.1, -0.05) is 61.8 Å². The molecule has 0 atom stereocenters. The zero-order chi connectivity index (χ0) is 17.9. The molecule has 0 spiro atoms. The standard InChI is InChI=1S/C22H25N3S/c1-24-19-14-8-9-15-20(19)25(16-17-10-4-2-5-11-17)22(24)21(26)23-18-12-6-3-7-13-18/h3,6-9,12-15,17H,2,4-5,10-11,16H2,1H3/p+1. The number of aryl methyl sites for hydroxylation is 1. The molecule has 3 aromatic rings. The summed E-state index contributed by atoms with van der Waals surface area (Å²) in [6.07, 6.45) is 6.76. The first-order valence-electron chi connectivity index (χ1n) is 9.57. The maximum absolute atomic E-state index is 5.83. The van der Waals surface area contributed by atoms with Gasteiger partial charge in [-0.2, -0.15) is 0 Å². The van der Waals surface area contributed by atoms with E-state index >= 15 is 0 Å². The van der Waals surface area contributed by atoms with Gasteiger partial charge >= 0.3 is 5.82 Å². The first kappa shape index (κ1) is 17.2. The number of anilines is 1. The second kappa shape index (κ2) is 7.58. The molecule has 0 amide bonds. The van der Waals surface area contributed by atoms with Gasteiger partial charge in [0.2, 0.25) is 0 Å². The lowest BCUT2D eigenvalue weighted by Crippen LogP contribution is -2.38. The number of rotatable bonds is 4. The number of imidazole rings is 1. The van der Waals surface area contributed by atoms with Crippen LogP contribution in [0.5, 0.6) is 0 Å². The Morgan fingerprint density at radius 1 is 1.04 bits per heavy atom. The van der Waals surface area contributed by atoms with Gasteiger partial charge in [0.1, 0.15) is 0 Å². The molecule has 4 heteroatoms. The van der Waals surface area contributed by atoms with Gasteiger partial charge in [-0.15, -0.1) is 0 Å². The van der Waals surface area contributed by atoms with E-state index in [2.05, 4.69) is 57.9 Å². The summed E-state index contributed by atoms with van der Waals surface area (Å²) in [4.78, 5) is 0.783. The van der Waals surface area contributed by atoms with Crippen LogP contribution in [0.25, 0.3) is 11.0 Å². The Hall–Kier alpha value is -2.20. The molecule has 1 aliphatic carbocycles. The van der Waals surface area contributed by atoms with Crippen molar-refractivity contribution >= 4 is 33.9 Å². The number of fused-ring (bicyclic) bond motifs is 1. The molecule has 0 bridgehead atoms. The molecule has 0 saturated heterocycles. The van der Waals surface area contributed by atoms with Gasteiger partial charge in [0.25, 0.3) is 0 Å². The van der Waals surface area contributed by atoms with Gasteiger partial charge in [0.15, 0.2) is 16.0 Å². The second-order valence-corrected chi connectivity index (χ2v) is 7.71. The molecule has 1 aliphatic rings. The number of nitrogens with one attached hydrogen (secondary N) is 1. The maximum Gasteiger partial charge on any atom is 0.317 e. The van der Waals surface area contributed by atoms with Crippen molar-refractivity contribution < 1.29 is 4.57 Å². The van der Waals surface area contributed by atoms with Crippen LogP contribution in [0, 0.1) is 5.92 Å². The lowest BCUT2D eigenvalue weighted by atomic mass is 9.89. The number of nitrogens with zero attached hydrogens (tertiary/aromatic N) is 2. The molecule has 1 heterocycles. The highest BCUT2D eigenvalue weighted by atomic mass is 32.1. The second-order valence-electron chi connectivity index (χ2n) is 7.31. The minimum Gasteiger partial charge on any atom is -0.340 e. The third-order valence-electron chi connectivity index (χ3n) is 5.51. The van der Waals surface area contributed by atoms with Crippen LogP contribution in [0.1, 0.15) is 37.9 Å². The Bertz CT molecular complexity index is 908. The van der Waals surface area contributed by atoms with Crippen molar-refractivity contribution in [1.82, 2.24) is 4.57 Å². The van der Waals surface area contributed by atoms with Gasteiger partial charge in [0, 0.05) is 5.69 Å². The van der Waals surface area contributed by atoms with E-state index < -0.39 is 0 Å². The fraction of sp³-hybridized carbons (Fsp3) is 0.364. The van der Waals surface area contributed by atoms with Crippen molar-refractivity contribution in [3.63, 3.8) is 0 Å². The third kappa shape index (κ3) is 3.38. The van der Waals surface area contributed by atoms with E-state index in [0.717, 1.165) is 29.0 Å². The minimum atomic E-state index is 0.748. The fourth-order valence-corrected chi connectivity index (χ4v) is 4.55. The largest absolute Gasteiger partial charge is 0.340 e. The molecule has 0 radical (unpaired) electrons. The highest BCUT2D eigenvalue weighted by Crippen LogP contribution is 2.27. The Labute approximate surface area is 160 Å². The summed E-state index contributed by atoms with van der Waals surface area (Å²) in [5.74, 6) is 1.84. The van der Waals surface area contributed by atoms with Gasteiger partial charge in [-0.25, -0.2) is 9.13 Å². The van der Waals surface area contributed by atoms with E-state index in [1.165, 1.54) is 43.1 Å². The average molecular weight is 365 g/mol. The topological polar surface area (TPSA) is 20.8 Å². The molecule has 1 saturated carbocycles. The highest BCUT2D eigenvalue weighted by molar-refractivity contribution is 7.81. The van der Waals surface area contributed by atoms with E-state index in [4.69, 9.17) is 12.2 Å². The summed E-state index contributed by atoms with van der Waals surface area (Å²) >= 11 is 5.83. The van der Waals surface area contributed by atoms with Crippen molar-refractivity contribution in [3.05, 3.63) is 60.4 Å². The summed E-state index contributed by atoms with van der Waals surface area (Å²) in [7, 11) is 2.12. The summed E-state index contributed by atoms with van der Waals surface area (Å²) in [6.45, 7) is 1.05. The SMILES string of the molecule is C[n+]1c(C(=S)Nc2ccccc2)n(CC2CCCCC2)c2ccccc21. The lowest BCUT2D eigenvalue weighted by Gasteiger charge is -2.20. The van der Waals surface area contributed by atoms with E-state index in [0.29, 0.717) is 0 Å². The van der Waals surface area contributed by atoms with Crippen LogP contribution in [0.15, 0.2) is 54.6 Å². The van der Waals surface area contributed by atoms with Crippen LogP contribution in [0.4, 0.5) is 5.69 Å².